The van der Waals surface area contributed by atoms with E-state index in [4.69, 9.17) is 5.73 Å². The molecular formula is C12H14N4O. The van der Waals surface area contributed by atoms with Gasteiger partial charge in [-0.3, -0.25) is 9.89 Å². The first-order valence-electron chi connectivity index (χ1n) is 5.24. The van der Waals surface area contributed by atoms with Crippen molar-refractivity contribution in [3.8, 4) is 0 Å². The summed E-state index contributed by atoms with van der Waals surface area (Å²) < 4.78 is 0. The third-order valence-electron chi connectivity index (χ3n) is 2.68. The molecule has 3 N–H and O–H groups in total. The van der Waals surface area contributed by atoms with Gasteiger partial charge in [0.2, 0.25) is 0 Å². The number of hydrogen-bond donors (Lipinski definition) is 2. The fourth-order valence-corrected chi connectivity index (χ4v) is 1.70. The summed E-state index contributed by atoms with van der Waals surface area (Å²) >= 11 is 0. The minimum atomic E-state index is -0.175. The highest BCUT2D eigenvalue weighted by molar-refractivity contribution is 6.08. The number of aromatic amines is 1. The van der Waals surface area contributed by atoms with E-state index in [9.17, 15) is 4.79 Å². The van der Waals surface area contributed by atoms with Crippen molar-refractivity contribution < 1.29 is 4.79 Å². The fraction of sp³-hybridized carbons (Fsp3) is 0.167. The quantitative estimate of drug-likeness (QED) is 0.822. The average Bonchev–Trinajstić information content (AvgIpc) is 2.74. The van der Waals surface area contributed by atoms with Gasteiger partial charge in [0, 0.05) is 12.7 Å². The number of anilines is 2. The number of carbonyl (C=O) groups is 1. The van der Waals surface area contributed by atoms with Crippen LogP contribution in [0.25, 0.3) is 0 Å². The van der Waals surface area contributed by atoms with Crippen molar-refractivity contribution >= 4 is 17.4 Å². The Morgan fingerprint density at radius 2 is 2.12 bits per heavy atom. The predicted molar refractivity (Wildman–Crippen MR) is 66.9 cm³/mol. The Labute approximate surface area is 99.2 Å². The Morgan fingerprint density at radius 1 is 1.41 bits per heavy atom. The van der Waals surface area contributed by atoms with E-state index in [0.717, 1.165) is 11.3 Å². The van der Waals surface area contributed by atoms with Crippen molar-refractivity contribution in [3.63, 3.8) is 0 Å². The maximum Gasteiger partial charge on any atom is 0.263 e. The van der Waals surface area contributed by atoms with Crippen molar-refractivity contribution in [2.75, 3.05) is 17.7 Å². The molecule has 5 heteroatoms. The largest absolute Gasteiger partial charge is 0.383 e. The Balaban J connectivity index is 2.33. The van der Waals surface area contributed by atoms with E-state index in [-0.39, 0.29) is 11.7 Å². The van der Waals surface area contributed by atoms with Gasteiger partial charge in [0.15, 0.2) is 0 Å². The van der Waals surface area contributed by atoms with Crippen LogP contribution in [-0.2, 0) is 0 Å². The number of nitrogens with one attached hydrogen (secondary N) is 1. The van der Waals surface area contributed by atoms with Gasteiger partial charge in [0.1, 0.15) is 11.4 Å². The number of benzene rings is 1. The summed E-state index contributed by atoms with van der Waals surface area (Å²) in [6.07, 6.45) is 1.44. The van der Waals surface area contributed by atoms with Gasteiger partial charge in [-0.05, 0) is 18.6 Å². The highest BCUT2D eigenvalue weighted by Crippen LogP contribution is 2.20. The highest BCUT2D eigenvalue weighted by Gasteiger charge is 2.18. The van der Waals surface area contributed by atoms with E-state index in [0.29, 0.717) is 5.56 Å². The summed E-state index contributed by atoms with van der Waals surface area (Å²) in [7, 11) is 1.72. The average molecular weight is 230 g/mol. The molecule has 0 bridgehead atoms. The SMILES string of the molecule is Cc1ccccc1N(C)C(=O)c1cn[nH]c1N. The first kappa shape index (κ1) is 11.2. The molecule has 17 heavy (non-hydrogen) atoms. The number of nitrogen functional groups attached to an aromatic ring is 1. The molecule has 5 nitrogen and oxygen atoms in total. The smallest absolute Gasteiger partial charge is 0.263 e. The van der Waals surface area contributed by atoms with Crippen LogP contribution < -0.4 is 10.6 Å². The standard InChI is InChI=1S/C12H14N4O/c1-8-5-3-4-6-10(8)16(2)12(17)9-7-14-15-11(9)13/h3-7H,1-2H3,(H3,13,14,15). The lowest BCUT2D eigenvalue weighted by Crippen LogP contribution is -2.27. The molecule has 0 aliphatic rings. The summed E-state index contributed by atoms with van der Waals surface area (Å²) in [5.41, 5.74) is 7.91. The van der Waals surface area contributed by atoms with Gasteiger partial charge in [0.05, 0.1) is 6.20 Å². The second kappa shape index (κ2) is 4.29. The Hall–Kier alpha value is -2.30. The van der Waals surface area contributed by atoms with Gasteiger partial charge in [-0.15, -0.1) is 0 Å². The summed E-state index contributed by atoms with van der Waals surface area (Å²) in [6.45, 7) is 1.96. The van der Waals surface area contributed by atoms with Crippen molar-refractivity contribution in [1.82, 2.24) is 10.2 Å². The first-order valence-corrected chi connectivity index (χ1v) is 5.24. The highest BCUT2D eigenvalue weighted by atomic mass is 16.2. The number of aromatic nitrogens is 2. The van der Waals surface area contributed by atoms with Crippen molar-refractivity contribution in [3.05, 3.63) is 41.6 Å². The van der Waals surface area contributed by atoms with Crippen molar-refractivity contribution in [2.24, 2.45) is 0 Å². The van der Waals surface area contributed by atoms with Crippen LogP contribution in [0.5, 0.6) is 0 Å². The molecule has 1 amide bonds. The van der Waals surface area contributed by atoms with Crippen LogP contribution in [-0.4, -0.2) is 23.2 Å². The van der Waals surface area contributed by atoms with Crippen LogP contribution in [0, 0.1) is 6.92 Å². The van der Waals surface area contributed by atoms with E-state index >= 15 is 0 Å². The Bertz CT molecular complexity index is 547. The fourth-order valence-electron chi connectivity index (χ4n) is 1.70. The van der Waals surface area contributed by atoms with Crippen LogP contribution in [0.1, 0.15) is 15.9 Å². The summed E-state index contributed by atoms with van der Waals surface area (Å²) in [5.74, 6) is 0.112. The zero-order valence-electron chi connectivity index (χ0n) is 9.77. The molecule has 1 aromatic heterocycles. The normalized spacial score (nSPS) is 10.2. The molecule has 1 heterocycles. The summed E-state index contributed by atoms with van der Waals surface area (Å²) in [6, 6.07) is 7.68. The molecular weight excluding hydrogens is 216 g/mol. The van der Waals surface area contributed by atoms with Crippen molar-refractivity contribution in [1.29, 1.82) is 0 Å². The molecule has 0 saturated heterocycles. The number of aryl methyl sites for hydroxylation is 1. The van der Waals surface area contributed by atoms with Gasteiger partial charge < -0.3 is 10.6 Å². The number of nitrogens with two attached hydrogens (primary N) is 1. The second-order valence-corrected chi connectivity index (χ2v) is 3.85. The lowest BCUT2D eigenvalue weighted by molar-refractivity contribution is 0.0994. The first-order chi connectivity index (χ1) is 8.11. The van der Waals surface area contributed by atoms with Crippen molar-refractivity contribution in [2.45, 2.75) is 6.92 Å². The number of para-hydroxylation sites is 1. The molecule has 2 aromatic rings. The second-order valence-electron chi connectivity index (χ2n) is 3.85. The minimum absolute atomic E-state index is 0.175. The molecule has 0 aliphatic heterocycles. The molecule has 0 unspecified atom stereocenters. The lowest BCUT2D eigenvalue weighted by atomic mass is 10.1. The number of carbonyl (C=O) groups excluding carboxylic acids is 1. The number of amides is 1. The van der Waals surface area contributed by atoms with E-state index in [1.165, 1.54) is 6.20 Å². The molecule has 0 aliphatic carbocycles. The summed E-state index contributed by atoms with van der Waals surface area (Å²) in [5, 5.41) is 6.29. The molecule has 0 fully saturated rings. The Kier molecular flexibility index (Phi) is 2.82. The molecule has 0 spiro atoms. The van der Waals surface area contributed by atoms with Gasteiger partial charge in [-0.2, -0.15) is 5.10 Å². The van der Waals surface area contributed by atoms with Crippen LogP contribution >= 0.6 is 0 Å². The number of H-pyrrole nitrogens is 1. The minimum Gasteiger partial charge on any atom is -0.383 e. The predicted octanol–water partition coefficient (Wildman–Crippen LogP) is 1.58. The van der Waals surface area contributed by atoms with Crippen LogP contribution in [0.15, 0.2) is 30.5 Å². The van der Waals surface area contributed by atoms with E-state index in [1.807, 2.05) is 31.2 Å². The zero-order valence-corrected chi connectivity index (χ0v) is 9.77. The van der Waals surface area contributed by atoms with Gasteiger partial charge in [-0.25, -0.2) is 0 Å². The molecule has 2 rings (SSSR count). The lowest BCUT2D eigenvalue weighted by Gasteiger charge is -2.18. The van der Waals surface area contributed by atoms with Crippen LogP contribution in [0.2, 0.25) is 0 Å². The molecule has 0 saturated carbocycles. The zero-order chi connectivity index (χ0) is 12.4. The van der Waals surface area contributed by atoms with Gasteiger partial charge in [0.25, 0.3) is 5.91 Å². The summed E-state index contributed by atoms with van der Waals surface area (Å²) in [4.78, 5) is 13.7. The van der Waals surface area contributed by atoms with E-state index < -0.39 is 0 Å². The third-order valence-corrected chi connectivity index (χ3v) is 2.68. The monoisotopic (exact) mass is 230 g/mol. The topological polar surface area (TPSA) is 75.0 Å². The van der Waals surface area contributed by atoms with Gasteiger partial charge in [-0.1, -0.05) is 18.2 Å². The number of hydrogen-bond acceptors (Lipinski definition) is 3. The number of rotatable bonds is 2. The maximum absolute atomic E-state index is 12.2. The van der Waals surface area contributed by atoms with E-state index in [2.05, 4.69) is 10.2 Å². The van der Waals surface area contributed by atoms with E-state index in [1.54, 1.807) is 11.9 Å². The maximum atomic E-state index is 12.2. The number of nitrogens with zero attached hydrogens (tertiary/aromatic N) is 2. The van der Waals surface area contributed by atoms with Crippen LogP contribution in [0.4, 0.5) is 11.5 Å². The van der Waals surface area contributed by atoms with Crippen LogP contribution in [0.3, 0.4) is 0 Å². The Morgan fingerprint density at radius 3 is 2.71 bits per heavy atom. The molecule has 88 valence electrons. The molecule has 1 aromatic carbocycles. The van der Waals surface area contributed by atoms with Gasteiger partial charge >= 0.3 is 0 Å². The molecule has 0 radical (unpaired) electrons. The third kappa shape index (κ3) is 1.99. The molecule has 0 atom stereocenters.